The Morgan fingerprint density at radius 1 is 0.697 bits per heavy atom. The number of halogens is 1. The number of hydrogen-bond donors (Lipinski definition) is 8. The molecular formula is C22H25FO10. The van der Waals surface area contributed by atoms with Gasteiger partial charge in [-0.25, -0.2) is 4.39 Å². The van der Waals surface area contributed by atoms with Crippen LogP contribution in [0.5, 0.6) is 0 Å². The minimum absolute atomic E-state index is 0.0784. The zero-order valence-corrected chi connectivity index (χ0v) is 17.2. The van der Waals surface area contributed by atoms with Gasteiger partial charge < -0.3 is 50.3 Å². The third kappa shape index (κ3) is 5.51. The van der Waals surface area contributed by atoms with Gasteiger partial charge in [-0.2, -0.15) is 0 Å². The van der Waals surface area contributed by atoms with Crippen molar-refractivity contribution in [1.82, 2.24) is 0 Å². The molecule has 2 aliphatic heterocycles. The summed E-state index contributed by atoms with van der Waals surface area (Å²) < 4.78 is 25.0. The number of rotatable bonds is 2. The van der Waals surface area contributed by atoms with E-state index in [9.17, 15) is 45.2 Å². The van der Waals surface area contributed by atoms with Gasteiger partial charge in [-0.15, -0.1) is 0 Å². The fraction of sp³-hybridized carbons (Fsp3) is 0.545. The van der Waals surface area contributed by atoms with Gasteiger partial charge in [0.25, 0.3) is 0 Å². The SMILES string of the molecule is OCC1OC(C#Cc2ccc(C#CC3OC(CO)C(O)C(O)C3O)c(F)c2)C(O)C(O)C1O. The molecule has 0 aliphatic carbocycles. The quantitative estimate of drug-likeness (QED) is 0.201. The van der Waals surface area contributed by atoms with Crippen LogP contribution in [0.2, 0.25) is 0 Å². The van der Waals surface area contributed by atoms with Crippen molar-refractivity contribution < 1.29 is 54.7 Å². The van der Waals surface area contributed by atoms with E-state index in [1.54, 1.807) is 0 Å². The first-order valence-corrected chi connectivity index (χ1v) is 10.1. The lowest BCUT2D eigenvalue weighted by Gasteiger charge is -2.37. The average Bonchev–Trinajstić information content (AvgIpc) is 2.81. The van der Waals surface area contributed by atoms with E-state index in [0.29, 0.717) is 0 Å². The van der Waals surface area contributed by atoms with Crippen LogP contribution in [0.25, 0.3) is 0 Å². The summed E-state index contributed by atoms with van der Waals surface area (Å²) in [5.74, 6) is 9.27. The highest BCUT2D eigenvalue weighted by atomic mass is 19.1. The maximum atomic E-state index is 14.5. The molecule has 0 amide bonds. The van der Waals surface area contributed by atoms with Gasteiger partial charge in [0.1, 0.15) is 66.9 Å². The van der Waals surface area contributed by atoms with Crippen LogP contribution in [0, 0.1) is 29.5 Å². The van der Waals surface area contributed by atoms with Crippen LogP contribution in [0.4, 0.5) is 4.39 Å². The number of aliphatic hydroxyl groups excluding tert-OH is 8. The van der Waals surface area contributed by atoms with Gasteiger partial charge in [0.2, 0.25) is 0 Å². The van der Waals surface area contributed by atoms with E-state index < -0.39 is 80.1 Å². The molecule has 0 bridgehead atoms. The lowest BCUT2D eigenvalue weighted by atomic mass is 9.95. The van der Waals surface area contributed by atoms with Crippen LogP contribution in [0.15, 0.2) is 18.2 Å². The zero-order valence-electron chi connectivity index (χ0n) is 17.2. The highest BCUT2D eigenvalue weighted by Crippen LogP contribution is 2.22. The smallest absolute Gasteiger partial charge is 0.147 e. The Labute approximate surface area is 188 Å². The van der Waals surface area contributed by atoms with E-state index in [-0.39, 0.29) is 11.1 Å². The maximum absolute atomic E-state index is 14.5. The Morgan fingerprint density at radius 3 is 1.64 bits per heavy atom. The molecule has 1 aromatic carbocycles. The molecule has 10 nitrogen and oxygen atoms in total. The molecule has 10 atom stereocenters. The predicted octanol–water partition coefficient (Wildman–Crippen LogP) is -3.79. The summed E-state index contributed by atoms with van der Waals surface area (Å²) in [7, 11) is 0. The summed E-state index contributed by atoms with van der Waals surface area (Å²) >= 11 is 0. The van der Waals surface area contributed by atoms with Crippen molar-refractivity contribution >= 4 is 0 Å². The predicted molar refractivity (Wildman–Crippen MR) is 108 cm³/mol. The van der Waals surface area contributed by atoms with E-state index in [4.69, 9.17) is 9.47 Å². The molecule has 8 N–H and O–H groups in total. The average molecular weight is 468 g/mol. The monoisotopic (exact) mass is 468 g/mol. The van der Waals surface area contributed by atoms with Gasteiger partial charge in [-0.3, -0.25) is 0 Å². The number of ether oxygens (including phenoxy) is 2. The highest BCUT2D eigenvalue weighted by molar-refractivity contribution is 5.44. The lowest BCUT2D eigenvalue weighted by Crippen LogP contribution is -2.58. The number of benzene rings is 1. The van der Waals surface area contributed by atoms with Gasteiger partial charge in [0, 0.05) is 5.56 Å². The van der Waals surface area contributed by atoms with E-state index in [1.165, 1.54) is 12.1 Å². The summed E-state index contributed by atoms with van der Waals surface area (Å²) in [5.41, 5.74) is 0.105. The second-order valence-corrected chi connectivity index (χ2v) is 7.73. The standard InChI is InChI=1S/C22H25FO10/c23-12-7-10(2-5-13-17(26)21(30)19(28)15(8-24)32-13)1-3-11(12)4-6-14-18(27)22(31)20(29)16(9-25)33-14/h1,3,7,13-22,24-31H,8-9H2. The van der Waals surface area contributed by atoms with E-state index in [0.717, 1.165) is 6.07 Å². The zero-order chi connectivity index (χ0) is 24.3. The Hall–Kier alpha value is -2.13. The summed E-state index contributed by atoms with van der Waals surface area (Å²) in [6.07, 6.45) is -14.1. The highest BCUT2D eigenvalue weighted by Gasteiger charge is 2.43. The molecule has 0 spiro atoms. The third-order valence-electron chi connectivity index (χ3n) is 5.46. The van der Waals surface area contributed by atoms with Crippen LogP contribution in [0.3, 0.4) is 0 Å². The molecule has 11 heteroatoms. The third-order valence-corrected chi connectivity index (χ3v) is 5.46. The van der Waals surface area contributed by atoms with Crippen molar-refractivity contribution in [2.45, 2.75) is 61.0 Å². The topological polar surface area (TPSA) is 180 Å². The fourth-order valence-corrected chi connectivity index (χ4v) is 3.44. The summed E-state index contributed by atoms with van der Waals surface area (Å²) in [4.78, 5) is 0. The Bertz CT molecular complexity index is 946. The molecule has 33 heavy (non-hydrogen) atoms. The Kier molecular flexibility index (Phi) is 8.39. The van der Waals surface area contributed by atoms with Gasteiger partial charge in [0.05, 0.1) is 18.8 Å². The first-order valence-electron chi connectivity index (χ1n) is 10.1. The van der Waals surface area contributed by atoms with Gasteiger partial charge in [-0.1, -0.05) is 23.7 Å². The van der Waals surface area contributed by atoms with Crippen molar-refractivity contribution in [1.29, 1.82) is 0 Å². The van der Waals surface area contributed by atoms with Crippen molar-refractivity contribution in [3.05, 3.63) is 35.1 Å². The lowest BCUT2D eigenvalue weighted by molar-refractivity contribution is -0.214. The van der Waals surface area contributed by atoms with Gasteiger partial charge in [0.15, 0.2) is 0 Å². The minimum atomic E-state index is -1.60. The van der Waals surface area contributed by atoms with Crippen molar-refractivity contribution in [2.24, 2.45) is 0 Å². The second-order valence-electron chi connectivity index (χ2n) is 7.73. The molecule has 0 saturated carbocycles. The molecule has 2 saturated heterocycles. The molecule has 3 rings (SSSR count). The van der Waals surface area contributed by atoms with E-state index >= 15 is 0 Å². The molecule has 2 heterocycles. The molecule has 2 fully saturated rings. The van der Waals surface area contributed by atoms with Crippen LogP contribution in [0.1, 0.15) is 11.1 Å². The van der Waals surface area contributed by atoms with Crippen LogP contribution < -0.4 is 0 Å². The minimum Gasteiger partial charge on any atom is -0.394 e. The first-order chi connectivity index (χ1) is 15.7. The summed E-state index contributed by atoms with van der Waals surface area (Å²) in [6, 6.07) is 3.76. The molecule has 0 radical (unpaired) electrons. The Morgan fingerprint density at radius 2 is 1.18 bits per heavy atom. The van der Waals surface area contributed by atoms with Crippen molar-refractivity contribution in [3.8, 4) is 23.7 Å². The van der Waals surface area contributed by atoms with E-state index in [1.807, 2.05) is 0 Å². The maximum Gasteiger partial charge on any atom is 0.147 e. The van der Waals surface area contributed by atoms with E-state index in [2.05, 4.69) is 23.7 Å². The Balaban J connectivity index is 1.73. The molecule has 10 unspecified atom stereocenters. The fourth-order valence-electron chi connectivity index (χ4n) is 3.44. The number of hydrogen-bond acceptors (Lipinski definition) is 10. The largest absolute Gasteiger partial charge is 0.394 e. The van der Waals surface area contributed by atoms with Gasteiger partial charge >= 0.3 is 0 Å². The van der Waals surface area contributed by atoms with Crippen molar-refractivity contribution in [3.63, 3.8) is 0 Å². The molecule has 2 aliphatic rings. The van der Waals surface area contributed by atoms with Crippen LogP contribution in [-0.2, 0) is 9.47 Å². The van der Waals surface area contributed by atoms with Gasteiger partial charge in [-0.05, 0) is 18.2 Å². The second kappa shape index (κ2) is 10.9. The molecular weight excluding hydrogens is 443 g/mol. The summed E-state index contributed by atoms with van der Waals surface area (Å²) in [5, 5.41) is 77.5. The molecule has 1 aromatic rings. The number of aliphatic hydroxyl groups is 8. The molecule has 0 aromatic heterocycles. The van der Waals surface area contributed by atoms with Crippen LogP contribution in [-0.4, -0.2) is 115 Å². The summed E-state index contributed by atoms with van der Waals surface area (Å²) in [6.45, 7) is -1.21. The van der Waals surface area contributed by atoms with Crippen molar-refractivity contribution in [2.75, 3.05) is 13.2 Å². The van der Waals surface area contributed by atoms with Crippen LogP contribution >= 0.6 is 0 Å². The molecule has 180 valence electrons. The first kappa shape index (κ1) is 25.5. The normalized spacial score (nSPS) is 38.6.